The number of anilines is 3. The molecule has 1 saturated heterocycles. The second-order valence-electron chi connectivity index (χ2n) is 7.75. The summed E-state index contributed by atoms with van der Waals surface area (Å²) < 4.78 is 0. The van der Waals surface area contributed by atoms with Crippen molar-refractivity contribution >= 4 is 28.9 Å². The maximum Gasteiger partial charge on any atom is 0.255 e. The van der Waals surface area contributed by atoms with Gasteiger partial charge in [-0.3, -0.25) is 14.5 Å². The molecular formula is C25H25N3O2. The Morgan fingerprint density at radius 1 is 0.800 bits per heavy atom. The predicted octanol–water partition coefficient (Wildman–Crippen LogP) is 4.18. The third-order valence-corrected chi connectivity index (χ3v) is 5.43. The Morgan fingerprint density at radius 3 is 2.03 bits per heavy atom. The summed E-state index contributed by atoms with van der Waals surface area (Å²) >= 11 is 0. The number of amides is 2. The molecule has 2 amide bonds. The maximum atomic E-state index is 13.7. The number of hydrogen-bond acceptors (Lipinski definition) is 3. The largest absolute Gasteiger partial charge is 0.378 e. The van der Waals surface area contributed by atoms with Crippen molar-refractivity contribution in [3.8, 4) is 0 Å². The average molecular weight is 399 g/mol. The SMILES string of the molecule is Cc1ccc(N2CC(=O)N(c3ccccc3)C(c3ccc(N(C)C)cc3)C2=O)cc1. The highest BCUT2D eigenvalue weighted by Gasteiger charge is 2.41. The first-order chi connectivity index (χ1) is 14.5. The van der Waals surface area contributed by atoms with Gasteiger partial charge in [0.15, 0.2) is 0 Å². The van der Waals surface area contributed by atoms with Crippen LogP contribution >= 0.6 is 0 Å². The van der Waals surface area contributed by atoms with E-state index in [2.05, 4.69) is 0 Å². The first-order valence-electron chi connectivity index (χ1n) is 9.98. The quantitative estimate of drug-likeness (QED) is 0.661. The molecule has 3 aromatic carbocycles. The summed E-state index contributed by atoms with van der Waals surface area (Å²) in [7, 11) is 3.94. The molecule has 1 unspecified atom stereocenters. The fourth-order valence-corrected chi connectivity index (χ4v) is 3.76. The standard InChI is InChI=1S/C25H25N3O2/c1-18-9-13-21(14-10-18)27-17-23(29)28(22-7-5-4-6-8-22)24(25(27)30)19-11-15-20(16-12-19)26(2)3/h4-16,24H,17H2,1-3H3. The summed E-state index contributed by atoms with van der Waals surface area (Å²) in [6.45, 7) is 2.02. The fraction of sp³-hybridized carbons (Fsp3) is 0.200. The molecule has 0 spiro atoms. The van der Waals surface area contributed by atoms with Crippen molar-refractivity contribution < 1.29 is 9.59 Å². The van der Waals surface area contributed by atoms with Gasteiger partial charge in [0, 0.05) is 31.2 Å². The molecule has 1 aliphatic rings. The van der Waals surface area contributed by atoms with Crippen molar-refractivity contribution in [1.82, 2.24) is 0 Å². The van der Waals surface area contributed by atoms with Crippen LogP contribution in [0.15, 0.2) is 78.9 Å². The molecule has 1 atom stereocenters. The number of rotatable bonds is 4. The van der Waals surface area contributed by atoms with E-state index in [1.54, 1.807) is 9.80 Å². The number of hydrogen-bond donors (Lipinski definition) is 0. The van der Waals surface area contributed by atoms with Gasteiger partial charge in [-0.1, -0.05) is 48.0 Å². The molecule has 5 heteroatoms. The number of benzene rings is 3. The molecule has 152 valence electrons. The van der Waals surface area contributed by atoms with E-state index in [0.717, 1.165) is 28.2 Å². The second-order valence-corrected chi connectivity index (χ2v) is 7.75. The normalized spacial score (nSPS) is 16.7. The second kappa shape index (κ2) is 8.03. The van der Waals surface area contributed by atoms with E-state index in [4.69, 9.17) is 0 Å². The number of carbonyl (C=O) groups excluding carboxylic acids is 2. The lowest BCUT2D eigenvalue weighted by Crippen LogP contribution is -2.56. The van der Waals surface area contributed by atoms with Crippen LogP contribution in [0.4, 0.5) is 17.1 Å². The highest BCUT2D eigenvalue weighted by molar-refractivity contribution is 6.14. The van der Waals surface area contributed by atoms with Gasteiger partial charge in [0.2, 0.25) is 5.91 Å². The van der Waals surface area contributed by atoms with Crippen LogP contribution in [0.1, 0.15) is 17.2 Å². The predicted molar refractivity (Wildman–Crippen MR) is 121 cm³/mol. The van der Waals surface area contributed by atoms with E-state index in [9.17, 15) is 9.59 Å². The Hall–Kier alpha value is -3.60. The first-order valence-corrected chi connectivity index (χ1v) is 9.98. The zero-order chi connectivity index (χ0) is 21.3. The lowest BCUT2D eigenvalue weighted by atomic mass is 9.99. The van der Waals surface area contributed by atoms with Crippen LogP contribution in [0.5, 0.6) is 0 Å². The molecule has 0 aliphatic carbocycles. The topological polar surface area (TPSA) is 43.9 Å². The van der Waals surface area contributed by atoms with Crippen LogP contribution in [0, 0.1) is 6.92 Å². The van der Waals surface area contributed by atoms with Crippen LogP contribution < -0.4 is 14.7 Å². The molecule has 0 N–H and O–H groups in total. The summed E-state index contributed by atoms with van der Waals surface area (Å²) in [5.74, 6) is -0.219. The van der Waals surface area contributed by atoms with E-state index in [0.29, 0.717) is 0 Å². The molecule has 0 saturated carbocycles. The Balaban J connectivity index is 1.79. The van der Waals surface area contributed by atoms with Crippen LogP contribution in [0.3, 0.4) is 0 Å². The van der Waals surface area contributed by atoms with E-state index in [1.807, 2.05) is 105 Å². The number of carbonyl (C=O) groups is 2. The Kier molecular flexibility index (Phi) is 5.27. The monoisotopic (exact) mass is 399 g/mol. The lowest BCUT2D eigenvalue weighted by Gasteiger charge is -2.40. The zero-order valence-corrected chi connectivity index (χ0v) is 17.4. The van der Waals surface area contributed by atoms with Gasteiger partial charge in [-0.15, -0.1) is 0 Å². The fourth-order valence-electron chi connectivity index (χ4n) is 3.76. The Labute approximate surface area is 177 Å². The van der Waals surface area contributed by atoms with Gasteiger partial charge in [0.05, 0.1) is 0 Å². The molecule has 1 fully saturated rings. The van der Waals surface area contributed by atoms with Gasteiger partial charge >= 0.3 is 0 Å². The van der Waals surface area contributed by atoms with Gasteiger partial charge < -0.3 is 9.80 Å². The molecular weight excluding hydrogens is 374 g/mol. The van der Waals surface area contributed by atoms with E-state index in [-0.39, 0.29) is 18.4 Å². The van der Waals surface area contributed by atoms with E-state index < -0.39 is 6.04 Å². The van der Waals surface area contributed by atoms with Crippen molar-refractivity contribution in [3.63, 3.8) is 0 Å². The third kappa shape index (κ3) is 3.66. The number of piperazine rings is 1. The summed E-state index contributed by atoms with van der Waals surface area (Å²) in [6, 6.07) is 24.2. The molecule has 1 heterocycles. The molecule has 4 rings (SSSR count). The zero-order valence-electron chi connectivity index (χ0n) is 17.4. The minimum atomic E-state index is -0.717. The van der Waals surface area contributed by atoms with Crippen molar-refractivity contribution in [2.75, 3.05) is 35.3 Å². The minimum Gasteiger partial charge on any atom is -0.378 e. The van der Waals surface area contributed by atoms with Crippen LogP contribution in [-0.2, 0) is 9.59 Å². The van der Waals surface area contributed by atoms with Gasteiger partial charge in [0.1, 0.15) is 12.6 Å². The Morgan fingerprint density at radius 2 is 1.43 bits per heavy atom. The lowest BCUT2D eigenvalue weighted by molar-refractivity contribution is -0.128. The Bertz CT molecular complexity index is 1040. The van der Waals surface area contributed by atoms with Crippen LogP contribution in [-0.4, -0.2) is 32.5 Å². The molecule has 0 radical (unpaired) electrons. The number of nitrogens with zero attached hydrogens (tertiary/aromatic N) is 3. The summed E-state index contributed by atoms with van der Waals surface area (Å²) in [6.07, 6.45) is 0. The molecule has 30 heavy (non-hydrogen) atoms. The third-order valence-electron chi connectivity index (χ3n) is 5.43. The molecule has 3 aromatic rings. The van der Waals surface area contributed by atoms with Crippen molar-refractivity contribution in [3.05, 3.63) is 90.0 Å². The number of para-hydroxylation sites is 1. The van der Waals surface area contributed by atoms with Gasteiger partial charge in [-0.25, -0.2) is 0 Å². The molecule has 0 aromatic heterocycles. The average Bonchev–Trinajstić information content (AvgIpc) is 2.76. The van der Waals surface area contributed by atoms with Crippen molar-refractivity contribution in [2.24, 2.45) is 0 Å². The molecule has 0 bridgehead atoms. The van der Waals surface area contributed by atoms with E-state index >= 15 is 0 Å². The van der Waals surface area contributed by atoms with Crippen LogP contribution in [0.25, 0.3) is 0 Å². The summed E-state index contributed by atoms with van der Waals surface area (Å²) in [5.41, 5.74) is 4.40. The highest BCUT2D eigenvalue weighted by Crippen LogP contribution is 2.35. The molecule has 1 aliphatic heterocycles. The van der Waals surface area contributed by atoms with Crippen molar-refractivity contribution in [2.45, 2.75) is 13.0 Å². The smallest absolute Gasteiger partial charge is 0.255 e. The highest BCUT2D eigenvalue weighted by atomic mass is 16.2. The molecule has 5 nitrogen and oxygen atoms in total. The number of aryl methyl sites for hydroxylation is 1. The summed E-state index contributed by atoms with van der Waals surface area (Å²) in [5, 5.41) is 0. The van der Waals surface area contributed by atoms with Gasteiger partial charge in [-0.05, 0) is 48.9 Å². The van der Waals surface area contributed by atoms with E-state index in [1.165, 1.54) is 0 Å². The minimum absolute atomic E-state index is 0.0169. The maximum absolute atomic E-state index is 13.7. The summed E-state index contributed by atoms with van der Waals surface area (Å²) in [4.78, 5) is 32.2. The van der Waals surface area contributed by atoms with Crippen molar-refractivity contribution in [1.29, 1.82) is 0 Å². The van der Waals surface area contributed by atoms with Gasteiger partial charge in [0.25, 0.3) is 5.91 Å². The first kappa shape index (κ1) is 19.7. The van der Waals surface area contributed by atoms with Crippen LogP contribution in [0.2, 0.25) is 0 Å². The van der Waals surface area contributed by atoms with Gasteiger partial charge in [-0.2, -0.15) is 0 Å².